The van der Waals surface area contributed by atoms with E-state index in [9.17, 15) is 17.6 Å². The molecule has 1 heterocycles. The van der Waals surface area contributed by atoms with Gasteiger partial charge >= 0.3 is 6.18 Å². The first kappa shape index (κ1) is 16.6. The SMILES string of the molecule is Fc1cccc(C[C@H]2NC[C@@H]3c4ccc(C(F)(F)F)cc4CCC32)c1. The summed E-state index contributed by atoms with van der Waals surface area (Å²) in [5.41, 5.74) is 2.26. The quantitative estimate of drug-likeness (QED) is 0.775. The molecule has 4 rings (SSSR count). The molecule has 25 heavy (non-hydrogen) atoms. The maximum Gasteiger partial charge on any atom is 0.416 e. The van der Waals surface area contributed by atoms with E-state index in [1.807, 2.05) is 6.07 Å². The number of hydrogen-bond acceptors (Lipinski definition) is 1. The van der Waals surface area contributed by atoms with Gasteiger partial charge in [0.25, 0.3) is 0 Å². The number of aryl methyl sites for hydroxylation is 1. The zero-order valence-corrected chi connectivity index (χ0v) is 13.6. The van der Waals surface area contributed by atoms with Crippen molar-refractivity contribution in [2.75, 3.05) is 6.54 Å². The van der Waals surface area contributed by atoms with E-state index in [4.69, 9.17) is 0 Å². The molecule has 1 nitrogen and oxygen atoms in total. The van der Waals surface area contributed by atoms with Gasteiger partial charge in [0.2, 0.25) is 0 Å². The Morgan fingerprint density at radius 1 is 1.08 bits per heavy atom. The zero-order chi connectivity index (χ0) is 17.6. The normalized spacial score (nSPS) is 25.5. The van der Waals surface area contributed by atoms with Gasteiger partial charge in [-0.05, 0) is 66.1 Å². The van der Waals surface area contributed by atoms with Crippen LogP contribution in [0.4, 0.5) is 17.6 Å². The number of halogens is 4. The van der Waals surface area contributed by atoms with Crippen LogP contribution in [-0.2, 0) is 19.0 Å². The van der Waals surface area contributed by atoms with Crippen molar-refractivity contribution in [2.45, 2.75) is 37.4 Å². The summed E-state index contributed by atoms with van der Waals surface area (Å²) in [6.45, 7) is 0.767. The Hall–Kier alpha value is -1.88. The molecule has 0 saturated carbocycles. The van der Waals surface area contributed by atoms with Gasteiger partial charge in [-0.2, -0.15) is 13.2 Å². The molecule has 2 aromatic carbocycles. The third kappa shape index (κ3) is 3.17. The Balaban J connectivity index is 1.55. The highest BCUT2D eigenvalue weighted by molar-refractivity contribution is 5.39. The zero-order valence-electron chi connectivity index (χ0n) is 13.6. The Bertz CT molecular complexity index is 784. The Morgan fingerprint density at radius 3 is 2.68 bits per heavy atom. The molecule has 0 spiro atoms. The van der Waals surface area contributed by atoms with Crippen molar-refractivity contribution >= 4 is 0 Å². The highest BCUT2D eigenvalue weighted by Crippen LogP contribution is 2.43. The number of nitrogens with one attached hydrogen (secondary N) is 1. The summed E-state index contributed by atoms with van der Waals surface area (Å²) in [4.78, 5) is 0. The van der Waals surface area contributed by atoms with E-state index >= 15 is 0 Å². The second kappa shape index (κ2) is 6.13. The Morgan fingerprint density at radius 2 is 1.92 bits per heavy atom. The molecule has 0 bridgehead atoms. The van der Waals surface area contributed by atoms with Crippen LogP contribution in [0.5, 0.6) is 0 Å². The molecule has 0 aromatic heterocycles. The van der Waals surface area contributed by atoms with Gasteiger partial charge in [-0.1, -0.05) is 18.2 Å². The van der Waals surface area contributed by atoms with Crippen LogP contribution in [0.25, 0.3) is 0 Å². The first-order valence-corrected chi connectivity index (χ1v) is 8.59. The minimum atomic E-state index is -4.29. The average Bonchev–Trinajstić information content (AvgIpc) is 2.97. The fourth-order valence-electron chi connectivity index (χ4n) is 4.43. The van der Waals surface area contributed by atoms with Crippen LogP contribution in [-0.4, -0.2) is 12.6 Å². The van der Waals surface area contributed by atoms with E-state index in [1.54, 1.807) is 18.2 Å². The first-order valence-electron chi connectivity index (χ1n) is 8.59. The summed E-state index contributed by atoms with van der Waals surface area (Å²) in [6.07, 6.45) is -2.01. The van der Waals surface area contributed by atoms with E-state index < -0.39 is 11.7 Å². The third-order valence-electron chi connectivity index (χ3n) is 5.60. The van der Waals surface area contributed by atoms with Crippen molar-refractivity contribution in [3.8, 4) is 0 Å². The second-order valence-electron chi connectivity index (χ2n) is 7.07. The summed E-state index contributed by atoms with van der Waals surface area (Å²) < 4.78 is 52.2. The summed E-state index contributed by atoms with van der Waals surface area (Å²) in [7, 11) is 0. The lowest BCUT2D eigenvalue weighted by Gasteiger charge is -2.31. The Kier molecular flexibility index (Phi) is 4.07. The van der Waals surface area contributed by atoms with E-state index in [1.165, 1.54) is 18.2 Å². The first-order chi connectivity index (χ1) is 11.9. The molecule has 1 saturated heterocycles. The molecule has 1 fully saturated rings. The van der Waals surface area contributed by atoms with E-state index in [0.29, 0.717) is 12.3 Å². The van der Waals surface area contributed by atoms with Gasteiger partial charge in [0.05, 0.1) is 5.56 Å². The van der Waals surface area contributed by atoms with Crippen molar-refractivity contribution in [3.63, 3.8) is 0 Å². The van der Waals surface area contributed by atoms with Gasteiger partial charge in [0.15, 0.2) is 0 Å². The number of alkyl halides is 3. The van der Waals surface area contributed by atoms with Crippen LogP contribution >= 0.6 is 0 Å². The lowest BCUT2D eigenvalue weighted by atomic mass is 9.73. The maximum absolute atomic E-state index is 13.4. The van der Waals surface area contributed by atoms with Crippen LogP contribution in [0.1, 0.15) is 34.6 Å². The maximum atomic E-state index is 13.4. The second-order valence-corrected chi connectivity index (χ2v) is 7.07. The predicted octanol–water partition coefficient (Wildman–Crippen LogP) is 4.71. The molecule has 3 atom stereocenters. The topological polar surface area (TPSA) is 12.0 Å². The Labute approximate surface area is 144 Å². The van der Waals surface area contributed by atoms with Crippen molar-refractivity contribution < 1.29 is 17.6 Å². The number of fused-ring (bicyclic) bond motifs is 3. The van der Waals surface area contributed by atoms with Gasteiger partial charge in [-0.25, -0.2) is 4.39 Å². The van der Waals surface area contributed by atoms with Gasteiger partial charge < -0.3 is 5.32 Å². The van der Waals surface area contributed by atoms with Crippen LogP contribution in [0, 0.1) is 11.7 Å². The smallest absolute Gasteiger partial charge is 0.313 e. The summed E-state index contributed by atoms with van der Waals surface area (Å²) in [6, 6.07) is 11.0. The molecule has 1 unspecified atom stereocenters. The highest BCUT2D eigenvalue weighted by Gasteiger charge is 2.40. The number of hydrogen-bond donors (Lipinski definition) is 1. The molecule has 1 aliphatic carbocycles. The molecular formula is C20H19F4N. The monoisotopic (exact) mass is 349 g/mol. The van der Waals surface area contributed by atoms with E-state index in [0.717, 1.165) is 36.1 Å². The van der Waals surface area contributed by atoms with Crippen LogP contribution in [0.15, 0.2) is 42.5 Å². The highest BCUT2D eigenvalue weighted by atomic mass is 19.4. The predicted molar refractivity (Wildman–Crippen MR) is 87.9 cm³/mol. The molecule has 5 heteroatoms. The minimum absolute atomic E-state index is 0.235. The molecule has 1 aliphatic heterocycles. The van der Waals surface area contributed by atoms with Gasteiger partial charge in [-0.15, -0.1) is 0 Å². The molecule has 1 N–H and O–H groups in total. The fourth-order valence-corrected chi connectivity index (χ4v) is 4.43. The summed E-state index contributed by atoms with van der Waals surface area (Å²) in [5.74, 6) is 0.387. The van der Waals surface area contributed by atoms with Crippen LogP contribution < -0.4 is 5.32 Å². The molecular weight excluding hydrogens is 330 g/mol. The largest absolute Gasteiger partial charge is 0.416 e. The fraction of sp³-hybridized carbons (Fsp3) is 0.400. The molecule has 2 aliphatic rings. The van der Waals surface area contributed by atoms with Crippen molar-refractivity contribution in [2.24, 2.45) is 5.92 Å². The van der Waals surface area contributed by atoms with Gasteiger partial charge in [0, 0.05) is 18.5 Å². The molecule has 132 valence electrons. The molecule has 0 radical (unpaired) electrons. The summed E-state index contributed by atoms with van der Waals surface area (Å²) in [5, 5.41) is 3.51. The number of benzene rings is 2. The molecule has 2 aromatic rings. The third-order valence-corrected chi connectivity index (χ3v) is 5.60. The van der Waals surface area contributed by atoms with E-state index in [2.05, 4.69) is 5.32 Å². The van der Waals surface area contributed by atoms with Gasteiger partial charge in [-0.3, -0.25) is 0 Å². The van der Waals surface area contributed by atoms with Crippen LogP contribution in [0.2, 0.25) is 0 Å². The average molecular weight is 349 g/mol. The summed E-state index contributed by atoms with van der Waals surface area (Å²) >= 11 is 0. The van der Waals surface area contributed by atoms with Crippen LogP contribution in [0.3, 0.4) is 0 Å². The van der Waals surface area contributed by atoms with Gasteiger partial charge in [0.1, 0.15) is 5.82 Å². The van der Waals surface area contributed by atoms with Crippen molar-refractivity contribution in [3.05, 3.63) is 70.5 Å². The van der Waals surface area contributed by atoms with E-state index in [-0.39, 0.29) is 17.8 Å². The number of rotatable bonds is 2. The lowest BCUT2D eigenvalue weighted by molar-refractivity contribution is -0.137. The molecule has 0 amide bonds. The minimum Gasteiger partial charge on any atom is -0.313 e. The lowest BCUT2D eigenvalue weighted by Crippen LogP contribution is -2.31. The van der Waals surface area contributed by atoms with Crippen molar-refractivity contribution in [1.29, 1.82) is 0 Å². The standard InChI is InChI=1S/C20H19F4N/c21-15-3-1-2-12(8-15)9-19-17-6-4-13-10-14(20(22,23)24)5-7-16(13)18(17)11-25-19/h1-3,5,7-8,10,17-19,25H,4,6,9,11H2/t17?,18-,19-/m1/s1. The van der Waals surface area contributed by atoms with Crippen molar-refractivity contribution in [1.82, 2.24) is 5.32 Å².